The molecular weight excluding hydrogens is 693 g/mol. The van der Waals surface area contributed by atoms with Gasteiger partial charge in [0.1, 0.15) is 18.3 Å². The van der Waals surface area contributed by atoms with Crippen molar-refractivity contribution in [2.24, 2.45) is 0 Å². The predicted octanol–water partition coefficient (Wildman–Crippen LogP) is 7.80. The van der Waals surface area contributed by atoms with Gasteiger partial charge in [-0.25, -0.2) is 8.42 Å². The molecule has 0 saturated heterocycles. The maximum atomic E-state index is 14.6. The SMILES string of the molecule is CCCCNC(=O)[C@@H](Cc1ccccc1)N(Cc1c(Cl)cccc1Cl)C(=O)CN(c1ccc(OCC)cc1)S(=O)(=O)c1ccc(Cl)cc1. The minimum Gasteiger partial charge on any atom is -0.494 e. The van der Waals surface area contributed by atoms with Gasteiger partial charge in [-0.3, -0.25) is 13.9 Å². The second kappa shape index (κ2) is 17.6. The summed E-state index contributed by atoms with van der Waals surface area (Å²) >= 11 is 19.2. The van der Waals surface area contributed by atoms with Gasteiger partial charge in [0.25, 0.3) is 10.0 Å². The van der Waals surface area contributed by atoms with E-state index in [0.717, 1.165) is 22.7 Å². The number of amides is 2. The van der Waals surface area contributed by atoms with Crippen LogP contribution in [-0.2, 0) is 32.6 Å². The van der Waals surface area contributed by atoms with Crippen LogP contribution in [0.5, 0.6) is 5.75 Å². The van der Waals surface area contributed by atoms with Gasteiger partial charge < -0.3 is 15.0 Å². The summed E-state index contributed by atoms with van der Waals surface area (Å²) in [5, 5.41) is 3.94. The molecule has 8 nitrogen and oxygen atoms in total. The van der Waals surface area contributed by atoms with Crippen LogP contribution in [0.15, 0.2) is 102 Å². The van der Waals surface area contributed by atoms with Crippen LogP contribution in [0.1, 0.15) is 37.8 Å². The van der Waals surface area contributed by atoms with Crippen LogP contribution in [0.4, 0.5) is 5.69 Å². The van der Waals surface area contributed by atoms with Gasteiger partial charge in [-0.05, 0) is 79.6 Å². The smallest absolute Gasteiger partial charge is 0.264 e. The lowest BCUT2D eigenvalue weighted by molar-refractivity contribution is -0.140. The lowest BCUT2D eigenvalue weighted by atomic mass is 10.0. The Hall–Kier alpha value is -3.76. The zero-order chi connectivity index (χ0) is 34.7. The van der Waals surface area contributed by atoms with E-state index in [1.165, 1.54) is 29.2 Å². The standard InChI is InChI=1S/C36H38Cl3N3O5S/c1-3-5-22-40-36(44)34(23-26-10-7-6-8-11-26)41(24-31-32(38)12-9-13-33(31)39)35(43)25-42(28-16-18-29(19-17-28)47-4-2)48(45,46)30-20-14-27(37)15-21-30/h6-21,34H,3-5,22-25H2,1-2H3,(H,40,44)/t34-/m1/s1. The highest BCUT2D eigenvalue weighted by Gasteiger charge is 2.35. The molecule has 0 radical (unpaired) electrons. The minimum atomic E-state index is -4.30. The second-order valence-corrected chi connectivity index (χ2v) is 14.1. The first-order chi connectivity index (χ1) is 23.0. The number of hydrogen-bond acceptors (Lipinski definition) is 5. The van der Waals surface area contributed by atoms with Crippen LogP contribution in [-0.4, -0.2) is 50.9 Å². The zero-order valence-corrected chi connectivity index (χ0v) is 29.8. The molecule has 0 unspecified atom stereocenters. The Morgan fingerprint density at radius 2 is 1.48 bits per heavy atom. The number of rotatable bonds is 16. The first-order valence-electron chi connectivity index (χ1n) is 15.6. The van der Waals surface area contributed by atoms with Gasteiger partial charge in [0.2, 0.25) is 11.8 Å². The Bertz CT molecular complexity index is 1750. The zero-order valence-electron chi connectivity index (χ0n) is 26.7. The van der Waals surface area contributed by atoms with Crippen LogP contribution in [0.2, 0.25) is 15.1 Å². The number of hydrogen-bond donors (Lipinski definition) is 1. The highest BCUT2D eigenvalue weighted by Crippen LogP contribution is 2.30. The minimum absolute atomic E-state index is 0.0626. The van der Waals surface area contributed by atoms with E-state index in [2.05, 4.69) is 5.32 Å². The lowest BCUT2D eigenvalue weighted by Gasteiger charge is -2.34. The van der Waals surface area contributed by atoms with E-state index in [-0.39, 0.29) is 29.5 Å². The van der Waals surface area contributed by atoms with E-state index >= 15 is 0 Å². The molecule has 0 spiro atoms. The number of nitrogens with zero attached hydrogens (tertiary/aromatic N) is 2. The second-order valence-electron chi connectivity index (χ2n) is 11.0. The summed E-state index contributed by atoms with van der Waals surface area (Å²) < 4.78 is 35.0. The molecule has 1 N–H and O–H groups in total. The van der Waals surface area contributed by atoms with Gasteiger partial charge in [-0.15, -0.1) is 0 Å². The van der Waals surface area contributed by atoms with Crippen molar-refractivity contribution in [2.75, 3.05) is 24.0 Å². The van der Waals surface area contributed by atoms with Gasteiger partial charge in [0.05, 0.1) is 17.2 Å². The van der Waals surface area contributed by atoms with Gasteiger partial charge in [-0.1, -0.05) is 84.5 Å². The van der Waals surface area contributed by atoms with Crippen LogP contribution in [0.25, 0.3) is 0 Å². The average molecular weight is 731 g/mol. The molecule has 0 saturated carbocycles. The molecule has 4 aromatic carbocycles. The van der Waals surface area contributed by atoms with Crippen molar-refractivity contribution in [1.29, 1.82) is 0 Å². The van der Waals surface area contributed by atoms with Crippen LogP contribution in [0, 0.1) is 0 Å². The molecule has 0 aliphatic rings. The fourth-order valence-electron chi connectivity index (χ4n) is 5.05. The molecule has 0 heterocycles. The fraction of sp³-hybridized carbons (Fsp3) is 0.278. The Labute approximate surface area is 297 Å². The van der Waals surface area contributed by atoms with Crippen molar-refractivity contribution in [2.45, 2.75) is 50.6 Å². The van der Waals surface area contributed by atoms with E-state index in [1.54, 1.807) is 42.5 Å². The number of benzene rings is 4. The summed E-state index contributed by atoms with van der Waals surface area (Å²) in [4.78, 5) is 29.8. The maximum absolute atomic E-state index is 14.6. The number of unbranched alkanes of at least 4 members (excludes halogenated alkanes) is 1. The highest BCUT2D eigenvalue weighted by atomic mass is 35.5. The van der Waals surface area contributed by atoms with E-state index in [0.29, 0.717) is 39.5 Å². The third-order valence-corrected chi connectivity index (χ3v) is 10.4. The van der Waals surface area contributed by atoms with Crippen molar-refractivity contribution >= 4 is 62.3 Å². The summed E-state index contributed by atoms with van der Waals surface area (Å²) in [6.07, 6.45) is 1.78. The normalized spacial score (nSPS) is 11.9. The predicted molar refractivity (Wildman–Crippen MR) is 192 cm³/mol. The average Bonchev–Trinajstić information content (AvgIpc) is 3.07. The molecule has 254 valence electrons. The summed E-state index contributed by atoms with van der Waals surface area (Å²) in [5.74, 6) is -0.473. The third kappa shape index (κ3) is 9.66. The molecule has 4 rings (SSSR count). The van der Waals surface area contributed by atoms with Gasteiger partial charge in [0.15, 0.2) is 0 Å². The van der Waals surface area contributed by atoms with Gasteiger partial charge in [0, 0.05) is 40.1 Å². The molecule has 12 heteroatoms. The highest BCUT2D eigenvalue weighted by molar-refractivity contribution is 7.92. The van der Waals surface area contributed by atoms with Crippen LogP contribution in [0.3, 0.4) is 0 Å². The van der Waals surface area contributed by atoms with Gasteiger partial charge >= 0.3 is 0 Å². The Morgan fingerprint density at radius 1 is 0.833 bits per heavy atom. The molecule has 4 aromatic rings. The number of sulfonamides is 1. The molecule has 0 fully saturated rings. The number of nitrogens with one attached hydrogen (secondary N) is 1. The van der Waals surface area contributed by atoms with E-state index in [1.807, 2.05) is 44.2 Å². The van der Waals surface area contributed by atoms with Crippen molar-refractivity contribution in [3.8, 4) is 5.75 Å². The van der Waals surface area contributed by atoms with Crippen molar-refractivity contribution in [3.63, 3.8) is 0 Å². The van der Waals surface area contributed by atoms with Crippen molar-refractivity contribution < 1.29 is 22.7 Å². The van der Waals surface area contributed by atoms with Crippen molar-refractivity contribution in [1.82, 2.24) is 10.2 Å². The number of carbonyl (C=O) groups is 2. The lowest BCUT2D eigenvalue weighted by Crippen LogP contribution is -2.53. The Balaban J connectivity index is 1.82. The summed E-state index contributed by atoms with van der Waals surface area (Å²) in [6, 6.07) is 25.4. The first kappa shape index (κ1) is 37.1. The fourth-order valence-corrected chi connectivity index (χ4v) is 7.11. The Kier molecular flexibility index (Phi) is 13.6. The number of ether oxygens (including phenoxy) is 1. The van der Waals surface area contributed by atoms with Crippen LogP contribution < -0.4 is 14.4 Å². The number of anilines is 1. The largest absolute Gasteiger partial charge is 0.494 e. The molecule has 0 aromatic heterocycles. The summed E-state index contributed by atoms with van der Waals surface area (Å²) in [6.45, 7) is 3.92. The topological polar surface area (TPSA) is 96.0 Å². The summed E-state index contributed by atoms with van der Waals surface area (Å²) in [5.41, 5.74) is 1.47. The Morgan fingerprint density at radius 3 is 2.08 bits per heavy atom. The maximum Gasteiger partial charge on any atom is 0.264 e. The molecule has 0 aliphatic carbocycles. The van der Waals surface area contributed by atoms with Crippen LogP contribution >= 0.6 is 34.8 Å². The molecule has 0 aliphatic heterocycles. The molecule has 2 amide bonds. The first-order valence-corrected chi connectivity index (χ1v) is 18.2. The molecule has 0 bridgehead atoms. The number of halogens is 3. The van der Waals surface area contributed by atoms with Crippen molar-refractivity contribution in [3.05, 3.63) is 123 Å². The summed E-state index contributed by atoms with van der Waals surface area (Å²) in [7, 11) is -4.30. The molecular formula is C36H38Cl3N3O5S. The molecule has 48 heavy (non-hydrogen) atoms. The van der Waals surface area contributed by atoms with Gasteiger partial charge in [-0.2, -0.15) is 0 Å². The number of carbonyl (C=O) groups excluding carboxylic acids is 2. The third-order valence-electron chi connectivity index (χ3n) is 7.61. The van der Waals surface area contributed by atoms with E-state index in [9.17, 15) is 18.0 Å². The molecule has 1 atom stereocenters. The van der Waals surface area contributed by atoms with E-state index < -0.39 is 28.5 Å². The van der Waals surface area contributed by atoms with E-state index in [4.69, 9.17) is 39.5 Å². The monoisotopic (exact) mass is 729 g/mol. The quantitative estimate of drug-likeness (QED) is 0.119.